The Balaban J connectivity index is 2.07. The normalized spacial score (nSPS) is 18.3. The van der Waals surface area contributed by atoms with E-state index in [4.69, 9.17) is 16.3 Å². The highest BCUT2D eigenvalue weighted by Crippen LogP contribution is 2.24. The molecule has 0 bridgehead atoms. The predicted molar refractivity (Wildman–Crippen MR) is 79.4 cm³/mol. The lowest BCUT2D eigenvalue weighted by atomic mass is 9.99. The van der Waals surface area contributed by atoms with E-state index in [1.54, 1.807) is 35.7 Å². The molecule has 112 valence electrons. The molecule has 20 heavy (non-hydrogen) atoms. The van der Waals surface area contributed by atoms with E-state index < -0.39 is 10.0 Å². The maximum Gasteiger partial charge on any atom is 0.243 e. The lowest BCUT2D eigenvalue weighted by Crippen LogP contribution is -2.39. The summed E-state index contributed by atoms with van der Waals surface area (Å²) in [6, 6.07) is 6.79. The van der Waals surface area contributed by atoms with Gasteiger partial charge in [-0.25, -0.2) is 8.42 Å². The Morgan fingerprint density at radius 2 is 1.85 bits per heavy atom. The maximum atomic E-state index is 12.5. The van der Waals surface area contributed by atoms with Crippen molar-refractivity contribution in [1.29, 1.82) is 0 Å². The quantitative estimate of drug-likeness (QED) is 0.784. The van der Waals surface area contributed by atoms with Crippen molar-refractivity contribution in [1.82, 2.24) is 4.31 Å². The fraction of sp³-hybridized carbons (Fsp3) is 0.571. The summed E-state index contributed by atoms with van der Waals surface area (Å²) in [4.78, 5) is 0.344. The fourth-order valence-corrected chi connectivity index (χ4v) is 4.10. The van der Waals surface area contributed by atoms with Gasteiger partial charge >= 0.3 is 0 Å². The van der Waals surface area contributed by atoms with Crippen molar-refractivity contribution >= 4 is 21.6 Å². The third kappa shape index (κ3) is 3.52. The molecule has 6 heteroatoms. The first-order valence-electron chi connectivity index (χ1n) is 6.72. The first-order valence-corrected chi connectivity index (χ1v) is 8.69. The monoisotopic (exact) mass is 317 g/mol. The van der Waals surface area contributed by atoms with Crippen molar-refractivity contribution in [3.63, 3.8) is 0 Å². The number of hydrogen-bond acceptors (Lipinski definition) is 3. The van der Waals surface area contributed by atoms with Crippen LogP contribution in [-0.2, 0) is 20.6 Å². The number of rotatable bonds is 5. The lowest BCUT2D eigenvalue weighted by Gasteiger charge is -2.30. The van der Waals surface area contributed by atoms with Crippen LogP contribution in [0.1, 0.15) is 18.4 Å². The fourth-order valence-electron chi connectivity index (χ4n) is 2.45. The zero-order valence-corrected chi connectivity index (χ0v) is 13.2. The van der Waals surface area contributed by atoms with Gasteiger partial charge in [0, 0.05) is 32.7 Å². The van der Waals surface area contributed by atoms with E-state index >= 15 is 0 Å². The summed E-state index contributed by atoms with van der Waals surface area (Å²) in [7, 11) is -1.69. The number of benzene rings is 1. The molecule has 0 N–H and O–H groups in total. The van der Waals surface area contributed by atoms with E-state index in [1.165, 1.54) is 0 Å². The molecule has 4 nitrogen and oxygen atoms in total. The van der Waals surface area contributed by atoms with Crippen LogP contribution in [0.3, 0.4) is 0 Å². The predicted octanol–water partition coefficient (Wildman–Crippen LogP) is 2.47. The van der Waals surface area contributed by atoms with Crippen LogP contribution in [0.2, 0.25) is 0 Å². The molecular weight excluding hydrogens is 298 g/mol. The average molecular weight is 318 g/mol. The zero-order valence-electron chi connectivity index (χ0n) is 11.6. The number of piperidine rings is 1. The lowest BCUT2D eigenvalue weighted by molar-refractivity contribution is 0.121. The minimum atomic E-state index is -3.38. The molecular formula is C14H20ClNO3S. The van der Waals surface area contributed by atoms with Gasteiger partial charge in [-0.2, -0.15) is 4.31 Å². The standard InChI is InChI=1S/C14H20ClNO3S/c1-19-11-13-6-8-16(9-7-13)20(17,18)14-4-2-12(10-15)3-5-14/h2-5,13H,6-11H2,1H3. The van der Waals surface area contributed by atoms with E-state index in [2.05, 4.69) is 0 Å². The second kappa shape index (κ2) is 6.89. The largest absolute Gasteiger partial charge is 0.384 e. The molecule has 0 aliphatic carbocycles. The van der Waals surface area contributed by atoms with Crippen molar-refractivity contribution in [2.75, 3.05) is 26.8 Å². The van der Waals surface area contributed by atoms with E-state index in [9.17, 15) is 8.42 Å². The number of alkyl halides is 1. The molecule has 2 rings (SSSR count). The molecule has 0 radical (unpaired) electrons. The number of hydrogen-bond donors (Lipinski definition) is 0. The Labute approximate surface area is 125 Å². The van der Waals surface area contributed by atoms with Gasteiger partial charge in [0.2, 0.25) is 10.0 Å². The Morgan fingerprint density at radius 3 is 2.35 bits per heavy atom. The van der Waals surface area contributed by atoms with Gasteiger partial charge in [0.15, 0.2) is 0 Å². The topological polar surface area (TPSA) is 46.6 Å². The third-order valence-corrected chi connectivity index (χ3v) is 5.91. The molecule has 1 fully saturated rings. The van der Waals surface area contributed by atoms with E-state index in [0.717, 1.165) is 18.4 Å². The van der Waals surface area contributed by atoms with Crippen LogP contribution in [0.25, 0.3) is 0 Å². The van der Waals surface area contributed by atoms with E-state index in [-0.39, 0.29) is 0 Å². The number of sulfonamides is 1. The summed E-state index contributed by atoms with van der Waals surface area (Å²) < 4.78 is 31.7. The van der Waals surface area contributed by atoms with Gasteiger partial charge in [0.1, 0.15) is 0 Å². The second-order valence-corrected chi connectivity index (χ2v) is 7.29. The minimum Gasteiger partial charge on any atom is -0.384 e. The number of halogens is 1. The first kappa shape index (κ1) is 15.8. The molecule has 1 aliphatic heterocycles. The van der Waals surface area contributed by atoms with Crippen LogP contribution in [0, 0.1) is 5.92 Å². The van der Waals surface area contributed by atoms with Crippen molar-refractivity contribution in [3.8, 4) is 0 Å². The van der Waals surface area contributed by atoms with Gasteiger partial charge in [-0.1, -0.05) is 12.1 Å². The van der Waals surface area contributed by atoms with Crippen molar-refractivity contribution in [2.24, 2.45) is 5.92 Å². The van der Waals surface area contributed by atoms with Crippen LogP contribution in [0.15, 0.2) is 29.2 Å². The summed E-state index contributed by atoms with van der Waals surface area (Å²) in [5, 5.41) is 0. The molecule has 0 unspecified atom stereocenters. The summed E-state index contributed by atoms with van der Waals surface area (Å²) in [5.41, 5.74) is 0.921. The van der Waals surface area contributed by atoms with Crippen molar-refractivity contribution < 1.29 is 13.2 Å². The van der Waals surface area contributed by atoms with Gasteiger partial charge in [-0.3, -0.25) is 0 Å². The highest BCUT2D eigenvalue weighted by molar-refractivity contribution is 7.89. The minimum absolute atomic E-state index is 0.344. The Bertz CT molecular complexity index is 522. The van der Waals surface area contributed by atoms with Crippen LogP contribution in [0.4, 0.5) is 0 Å². The van der Waals surface area contributed by atoms with Crippen LogP contribution in [0.5, 0.6) is 0 Å². The first-order chi connectivity index (χ1) is 9.57. The molecule has 0 saturated carbocycles. The van der Waals surface area contributed by atoms with Gasteiger partial charge in [0.25, 0.3) is 0 Å². The smallest absolute Gasteiger partial charge is 0.243 e. The molecule has 1 saturated heterocycles. The summed E-state index contributed by atoms with van der Waals surface area (Å²) in [5.74, 6) is 0.855. The average Bonchev–Trinajstić information content (AvgIpc) is 2.48. The maximum absolute atomic E-state index is 12.5. The number of ether oxygens (including phenoxy) is 1. The Morgan fingerprint density at radius 1 is 1.25 bits per heavy atom. The Hall–Kier alpha value is -0.620. The van der Waals surface area contributed by atoms with Crippen LogP contribution < -0.4 is 0 Å². The molecule has 1 aliphatic rings. The molecule has 0 atom stereocenters. The highest BCUT2D eigenvalue weighted by Gasteiger charge is 2.29. The van der Waals surface area contributed by atoms with Gasteiger partial charge in [-0.05, 0) is 36.5 Å². The second-order valence-electron chi connectivity index (χ2n) is 5.08. The van der Waals surface area contributed by atoms with E-state index in [0.29, 0.717) is 36.4 Å². The SMILES string of the molecule is COCC1CCN(S(=O)(=O)c2ccc(CCl)cc2)CC1. The molecule has 0 amide bonds. The van der Waals surface area contributed by atoms with Crippen molar-refractivity contribution in [3.05, 3.63) is 29.8 Å². The summed E-state index contributed by atoms with van der Waals surface area (Å²) in [6.07, 6.45) is 1.71. The highest BCUT2D eigenvalue weighted by atomic mass is 35.5. The Kier molecular flexibility index (Phi) is 5.43. The molecule has 1 heterocycles. The van der Waals surface area contributed by atoms with Crippen LogP contribution >= 0.6 is 11.6 Å². The van der Waals surface area contributed by atoms with Gasteiger partial charge in [0.05, 0.1) is 4.90 Å². The molecule has 0 spiro atoms. The number of methoxy groups -OCH3 is 1. The third-order valence-electron chi connectivity index (χ3n) is 3.69. The van der Waals surface area contributed by atoms with Gasteiger partial charge in [-0.15, -0.1) is 11.6 Å². The van der Waals surface area contributed by atoms with Crippen molar-refractivity contribution in [2.45, 2.75) is 23.6 Å². The van der Waals surface area contributed by atoms with E-state index in [1.807, 2.05) is 0 Å². The summed E-state index contributed by atoms with van der Waals surface area (Å²) in [6.45, 7) is 1.83. The molecule has 1 aromatic rings. The molecule has 0 aromatic heterocycles. The number of nitrogens with zero attached hydrogens (tertiary/aromatic N) is 1. The molecule has 1 aromatic carbocycles. The van der Waals surface area contributed by atoms with Gasteiger partial charge < -0.3 is 4.74 Å². The van der Waals surface area contributed by atoms with Crippen LogP contribution in [-0.4, -0.2) is 39.5 Å². The zero-order chi connectivity index (χ0) is 14.6. The summed E-state index contributed by atoms with van der Waals surface area (Å²) >= 11 is 5.72.